The van der Waals surface area contributed by atoms with E-state index in [1.807, 2.05) is 32.9 Å². The van der Waals surface area contributed by atoms with Crippen molar-refractivity contribution in [1.29, 1.82) is 0 Å². The van der Waals surface area contributed by atoms with Crippen LogP contribution in [0, 0.1) is 13.8 Å². The highest BCUT2D eigenvalue weighted by Gasteiger charge is 2.08. The van der Waals surface area contributed by atoms with Gasteiger partial charge in [-0.1, -0.05) is 13.3 Å². The highest BCUT2D eigenvalue weighted by molar-refractivity contribution is 7.89. The standard InChI is InChI=1S/C15H24N6O2S/c1-4-5-10-24(22,23)17-9-8-16-14-6-7-15(19-18-14)21-13(3)11-12(2)20-21/h6-7,11,17H,4-5,8-10H2,1-3H3,(H,16,18). The maximum atomic E-state index is 11.7. The van der Waals surface area contributed by atoms with Crippen LogP contribution in [0.1, 0.15) is 31.2 Å². The minimum absolute atomic E-state index is 0.167. The molecule has 0 aliphatic rings. The normalized spacial score (nSPS) is 11.6. The molecule has 2 aromatic heterocycles. The molecule has 2 heterocycles. The van der Waals surface area contributed by atoms with Crippen LogP contribution in [0.5, 0.6) is 0 Å². The molecule has 0 bridgehead atoms. The second-order valence-electron chi connectivity index (χ2n) is 5.61. The average molecular weight is 352 g/mol. The van der Waals surface area contributed by atoms with E-state index in [2.05, 4.69) is 25.3 Å². The van der Waals surface area contributed by atoms with Crippen LogP contribution in [0.4, 0.5) is 5.82 Å². The van der Waals surface area contributed by atoms with Gasteiger partial charge < -0.3 is 5.32 Å². The molecule has 24 heavy (non-hydrogen) atoms. The summed E-state index contributed by atoms with van der Waals surface area (Å²) < 4.78 is 27.6. The molecule has 0 spiro atoms. The molecule has 0 amide bonds. The number of anilines is 1. The number of aromatic nitrogens is 4. The quantitative estimate of drug-likeness (QED) is 0.662. The van der Waals surface area contributed by atoms with Gasteiger partial charge >= 0.3 is 0 Å². The molecule has 0 fully saturated rings. The zero-order valence-corrected chi connectivity index (χ0v) is 15.1. The van der Waals surface area contributed by atoms with E-state index in [1.54, 1.807) is 10.7 Å². The molecule has 0 saturated heterocycles. The van der Waals surface area contributed by atoms with Crippen LogP contribution < -0.4 is 10.0 Å². The van der Waals surface area contributed by atoms with Crippen molar-refractivity contribution in [3.8, 4) is 5.82 Å². The molecule has 0 aliphatic heterocycles. The van der Waals surface area contributed by atoms with Crippen molar-refractivity contribution < 1.29 is 8.42 Å². The molecule has 0 saturated carbocycles. The molecule has 0 unspecified atom stereocenters. The fraction of sp³-hybridized carbons (Fsp3) is 0.533. The van der Waals surface area contributed by atoms with Crippen LogP contribution in [0.15, 0.2) is 18.2 Å². The Morgan fingerprint density at radius 2 is 1.96 bits per heavy atom. The number of hydrogen-bond donors (Lipinski definition) is 2. The smallest absolute Gasteiger partial charge is 0.211 e. The summed E-state index contributed by atoms with van der Waals surface area (Å²) in [5.41, 5.74) is 1.91. The van der Waals surface area contributed by atoms with E-state index in [4.69, 9.17) is 0 Å². The number of sulfonamides is 1. The van der Waals surface area contributed by atoms with Crippen molar-refractivity contribution >= 4 is 15.8 Å². The van der Waals surface area contributed by atoms with Gasteiger partial charge in [0.05, 0.1) is 11.4 Å². The van der Waals surface area contributed by atoms with Crippen molar-refractivity contribution in [1.82, 2.24) is 24.7 Å². The molecule has 9 heteroatoms. The van der Waals surface area contributed by atoms with Crippen LogP contribution in [-0.2, 0) is 10.0 Å². The van der Waals surface area contributed by atoms with Crippen LogP contribution in [0.2, 0.25) is 0 Å². The molecule has 0 radical (unpaired) electrons. The molecule has 132 valence electrons. The number of rotatable bonds is 9. The van der Waals surface area contributed by atoms with E-state index in [0.717, 1.165) is 17.8 Å². The van der Waals surface area contributed by atoms with Crippen LogP contribution in [0.3, 0.4) is 0 Å². The van der Waals surface area contributed by atoms with Crippen molar-refractivity contribution in [2.24, 2.45) is 0 Å². The summed E-state index contributed by atoms with van der Waals surface area (Å²) >= 11 is 0. The van der Waals surface area contributed by atoms with E-state index < -0.39 is 10.0 Å². The van der Waals surface area contributed by atoms with Gasteiger partial charge in [-0.3, -0.25) is 0 Å². The maximum Gasteiger partial charge on any atom is 0.211 e. The van der Waals surface area contributed by atoms with Gasteiger partial charge in [-0.15, -0.1) is 10.2 Å². The Morgan fingerprint density at radius 1 is 1.17 bits per heavy atom. The van der Waals surface area contributed by atoms with Gasteiger partial charge in [-0.2, -0.15) is 5.10 Å². The number of aryl methyl sites for hydroxylation is 2. The molecule has 2 aromatic rings. The summed E-state index contributed by atoms with van der Waals surface area (Å²) in [5, 5.41) is 15.6. The molecule has 0 atom stereocenters. The van der Waals surface area contributed by atoms with Crippen LogP contribution in [-0.4, -0.2) is 47.2 Å². The number of nitrogens with zero attached hydrogens (tertiary/aromatic N) is 4. The SMILES string of the molecule is CCCCS(=O)(=O)NCCNc1ccc(-n2nc(C)cc2C)nn1. The van der Waals surface area contributed by atoms with Crippen molar-refractivity contribution in [3.63, 3.8) is 0 Å². The largest absolute Gasteiger partial charge is 0.367 e. The van der Waals surface area contributed by atoms with Crippen LogP contribution in [0.25, 0.3) is 5.82 Å². The lowest BCUT2D eigenvalue weighted by Crippen LogP contribution is -2.31. The van der Waals surface area contributed by atoms with Crippen molar-refractivity contribution in [3.05, 3.63) is 29.6 Å². The minimum Gasteiger partial charge on any atom is -0.367 e. The Labute approximate surface area is 142 Å². The first-order valence-electron chi connectivity index (χ1n) is 8.00. The molecular weight excluding hydrogens is 328 g/mol. The predicted molar refractivity (Wildman–Crippen MR) is 93.8 cm³/mol. The summed E-state index contributed by atoms with van der Waals surface area (Å²) in [5.74, 6) is 1.40. The summed E-state index contributed by atoms with van der Waals surface area (Å²) in [7, 11) is -3.18. The summed E-state index contributed by atoms with van der Waals surface area (Å²) in [6.45, 7) is 6.60. The lowest BCUT2D eigenvalue weighted by Gasteiger charge is -2.08. The first-order valence-corrected chi connectivity index (χ1v) is 9.65. The van der Waals surface area contributed by atoms with Crippen molar-refractivity contribution in [2.75, 3.05) is 24.2 Å². The Kier molecular flexibility index (Phi) is 6.27. The summed E-state index contributed by atoms with van der Waals surface area (Å²) in [4.78, 5) is 0. The Hall–Kier alpha value is -2.00. The lowest BCUT2D eigenvalue weighted by atomic mass is 10.4. The van der Waals surface area contributed by atoms with Gasteiger partial charge in [0.15, 0.2) is 5.82 Å². The van der Waals surface area contributed by atoms with E-state index >= 15 is 0 Å². The van der Waals surface area contributed by atoms with Gasteiger partial charge in [-0.25, -0.2) is 17.8 Å². The topological polar surface area (TPSA) is 102 Å². The Balaban J connectivity index is 1.83. The fourth-order valence-electron chi connectivity index (χ4n) is 2.20. The summed E-state index contributed by atoms with van der Waals surface area (Å²) in [6.07, 6.45) is 1.53. The van der Waals surface area contributed by atoms with E-state index in [0.29, 0.717) is 31.1 Å². The fourth-order valence-corrected chi connectivity index (χ4v) is 3.42. The zero-order valence-electron chi connectivity index (χ0n) is 14.3. The highest BCUT2D eigenvalue weighted by Crippen LogP contribution is 2.10. The van der Waals surface area contributed by atoms with Crippen LogP contribution >= 0.6 is 0 Å². The minimum atomic E-state index is -3.18. The second-order valence-corrected chi connectivity index (χ2v) is 7.54. The first-order chi connectivity index (χ1) is 11.4. The second kappa shape index (κ2) is 8.20. The van der Waals surface area contributed by atoms with Gasteiger partial charge in [-0.05, 0) is 38.5 Å². The number of hydrogen-bond acceptors (Lipinski definition) is 6. The molecule has 2 rings (SSSR count). The Morgan fingerprint density at radius 3 is 2.54 bits per heavy atom. The molecule has 0 aromatic carbocycles. The predicted octanol–water partition coefficient (Wildman–Crippen LogP) is 1.41. The molecule has 2 N–H and O–H groups in total. The molecular formula is C15H24N6O2S. The van der Waals surface area contributed by atoms with E-state index in [1.165, 1.54) is 0 Å². The summed E-state index contributed by atoms with van der Waals surface area (Å²) in [6, 6.07) is 5.59. The first kappa shape index (κ1) is 18.3. The van der Waals surface area contributed by atoms with Gasteiger partial charge in [0.2, 0.25) is 10.0 Å². The zero-order chi connectivity index (χ0) is 17.6. The van der Waals surface area contributed by atoms with Gasteiger partial charge in [0.25, 0.3) is 0 Å². The molecule has 0 aliphatic carbocycles. The van der Waals surface area contributed by atoms with Gasteiger partial charge in [0, 0.05) is 18.8 Å². The highest BCUT2D eigenvalue weighted by atomic mass is 32.2. The third-order valence-corrected chi connectivity index (χ3v) is 4.87. The van der Waals surface area contributed by atoms with E-state index in [9.17, 15) is 8.42 Å². The lowest BCUT2D eigenvalue weighted by molar-refractivity contribution is 0.579. The number of unbranched alkanes of at least 4 members (excludes halogenated alkanes) is 1. The number of nitrogens with one attached hydrogen (secondary N) is 2. The van der Waals surface area contributed by atoms with Crippen molar-refractivity contribution in [2.45, 2.75) is 33.6 Å². The van der Waals surface area contributed by atoms with Gasteiger partial charge in [0.1, 0.15) is 5.82 Å². The Bertz CT molecular complexity index is 755. The monoisotopic (exact) mass is 352 g/mol. The van der Waals surface area contributed by atoms with E-state index in [-0.39, 0.29) is 5.75 Å². The third kappa shape index (κ3) is 5.27. The molecule has 8 nitrogen and oxygen atoms in total. The average Bonchev–Trinajstić information content (AvgIpc) is 2.89. The maximum absolute atomic E-state index is 11.7. The third-order valence-electron chi connectivity index (χ3n) is 3.40.